The molecular formula is C14H14BClO2. The molecule has 0 bridgehead atoms. The Morgan fingerprint density at radius 3 is 2.39 bits per heavy atom. The fraction of sp³-hybridized carbons (Fsp3) is 0.143. The van der Waals surface area contributed by atoms with E-state index in [4.69, 9.17) is 16.7 Å². The molecule has 0 aliphatic carbocycles. The van der Waals surface area contributed by atoms with Crippen molar-refractivity contribution in [2.24, 2.45) is 0 Å². The van der Waals surface area contributed by atoms with Gasteiger partial charge < -0.3 is 10.1 Å². The van der Waals surface area contributed by atoms with Gasteiger partial charge in [0.1, 0.15) is 0 Å². The van der Waals surface area contributed by atoms with Gasteiger partial charge in [0.15, 0.2) is 0 Å². The van der Waals surface area contributed by atoms with Crippen LogP contribution in [0.2, 0.25) is 5.02 Å². The Hall–Kier alpha value is -1.29. The highest BCUT2D eigenvalue weighted by Gasteiger charge is 2.19. The summed E-state index contributed by atoms with van der Waals surface area (Å²) in [6, 6.07) is 12.7. The molecule has 0 spiro atoms. The van der Waals surface area contributed by atoms with E-state index in [1.54, 1.807) is 18.2 Å². The van der Waals surface area contributed by atoms with Gasteiger partial charge in [-0.15, -0.1) is 0 Å². The average molecular weight is 261 g/mol. The second kappa shape index (κ2) is 5.57. The molecule has 0 aliphatic heterocycles. The molecule has 0 radical (unpaired) electrons. The third-order valence-corrected chi connectivity index (χ3v) is 3.25. The topological polar surface area (TPSA) is 40.5 Å². The van der Waals surface area contributed by atoms with Crippen LogP contribution in [-0.4, -0.2) is 17.0 Å². The molecule has 92 valence electrons. The molecule has 4 heteroatoms. The predicted molar refractivity (Wildman–Crippen MR) is 75.8 cm³/mol. The van der Waals surface area contributed by atoms with E-state index in [1.165, 1.54) is 0 Å². The van der Waals surface area contributed by atoms with Gasteiger partial charge in [0.05, 0.1) is 6.61 Å². The molecule has 0 fully saturated rings. The van der Waals surface area contributed by atoms with Crippen molar-refractivity contribution in [3.63, 3.8) is 0 Å². The Kier molecular flexibility index (Phi) is 4.07. The first kappa shape index (κ1) is 13.2. The maximum Gasteiger partial charge on any atom is 0.359 e. The van der Waals surface area contributed by atoms with E-state index in [0.717, 1.165) is 22.1 Å². The van der Waals surface area contributed by atoms with Crippen molar-refractivity contribution >= 4 is 29.4 Å². The van der Waals surface area contributed by atoms with Gasteiger partial charge in [0.2, 0.25) is 0 Å². The first-order valence-electron chi connectivity index (χ1n) is 5.75. The van der Waals surface area contributed by atoms with E-state index in [-0.39, 0.29) is 6.61 Å². The van der Waals surface area contributed by atoms with Crippen LogP contribution < -0.4 is 10.9 Å². The summed E-state index contributed by atoms with van der Waals surface area (Å²) in [7, 11) is 0. The molecule has 2 aromatic carbocycles. The number of hydrogen-bond acceptors (Lipinski definition) is 2. The smallest absolute Gasteiger partial charge is 0.359 e. The van der Waals surface area contributed by atoms with Crippen LogP contribution in [0.5, 0.6) is 0 Å². The van der Waals surface area contributed by atoms with Crippen molar-refractivity contribution in [1.29, 1.82) is 0 Å². The normalized spacial score (nSPS) is 10.4. The Morgan fingerprint density at radius 2 is 1.78 bits per heavy atom. The van der Waals surface area contributed by atoms with Gasteiger partial charge in [-0.05, 0) is 35.5 Å². The molecule has 0 aromatic heterocycles. The molecule has 2 N–H and O–H groups in total. The van der Waals surface area contributed by atoms with Crippen molar-refractivity contribution < 1.29 is 10.1 Å². The number of aliphatic hydroxyl groups is 1. The zero-order valence-electron chi connectivity index (χ0n) is 10.1. The fourth-order valence-electron chi connectivity index (χ4n) is 1.89. The zero-order valence-corrected chi connectivity index (χ0v) is 10.9. The van der Waals surface area contributed by atoms with Crippen LogP contribution in [0.3, 0.4) is 0 Å². The fourth-order valence-corrected chi connectivity index (χ4v) is 2.07. The minimum atomic E-state index is -0.698. The van der Waals surface area contributed by atoms with Crippen molar-refractivity contribution in [3.05, 3.63) is 58.6 Å². The van der Waals surface area contributed by atoms with E-state index in [2.05, 4.69) is 0 Å². The molecule has 0 amide bonds. The minimum absolute atomic E-state index is 0.00652. The van der Waals surface area contributed by atoms with Gasteiger partial charge in [0, 0.05) is 5.02 Å². The van der Waals surface area contributed by atoms with Gasteiger partial charge >= 0.3 is 6.92 Å². The Bertz CT molecular complexity index is 540. The van der Waals surface area contributed by atoms with E-state index in [0.29, 0.717) is 5.02 Å². The van der Waals surface area contributed by atoms with Crippen LogP contribution in [0, 0.1) is 6.92 Å². The molecule has 0 heterocycles. The molecular weight excluding hydrogens is 246 g/mol. The number of aryl methyl sites for hydroxylation is 1. The van der Waals surface area contributed by atoms with Crippen molar-refractivity contribution in [1.82, 2.24) is 0 Å². The van der Waals surface area contributed by atoms with Crippen LogP contribution in [-0.2, 0) is 6.61 Å². The Labute approximate surface area is 112 Å². The highest BCUT2D eigenvalue weighted by atomic mass is 35.5. The summed E-state index contributed by atoms with van der Waals surface area (Å²) >= 11 is 5.95. The van der Waals surface area contributed by atoms with Crippen LogP contribution in [0.25, 0.3) is 0 Å². The summed E-state index contributed by atoms with van der Waals surface area (Å²) < 4.78 is 0. The largest absolute Gasteiger partial charge is 0.443 e. The van der Waals surface area contributed by atoms with Crippen LogP contribution in [0.1, 0.15) is 11.1 Å². The van der Waals surface area contributed by atoms with Crippen LogP contribution in [0.4, 0.5) is 0 Å². The van der Waals surface area contributed by atoms with E-state index in [9.17, 15) is 5.02 Å². The third kappa shape index (κ3) is 2.75. The lowest BCUT2D eigenvalue weighted by molar-refractivity contribution is 0.282. The summed E-state index contributed by atoms with van der Waals surface area (Å²) in [6.45, 7) is 1.25. The van der Waals surface area contributed by atoms with Gasteiger partial charge in [-0.2, -0.15) is 0 Å². The van der Waals surface area contributed by atoms with E-state index < -0.39 is 6.92 Å². The molecule has 0 aliphatic rings. The summed E-state index contributed by atoms with van der Waals surface area (Å²) in [5.41, 5.74) is 3.42. The quantitative estimate of drug-likeness (QED) is 0.815. The predicted octanol–water partition coefficient (Wildman–Crippen LogP) is 1.24. The molecule has 2 aromatic rings. The van der Waals surface area contributed by atoms with Gasteiger partial charge in [0.25, 0.3) is 0 Å². The SMILES string of the molecule is Cc1ccc(Cl)cc1B(O)c1ccc(CO)cc1. The minimum Gasteiger partial charge on any atom is -0.443 e. The number of aliphatic hydroxyl groups excluding tert-OH is 1. The van der Waals surface area contributed by atoms with Crippen molar-refractivity contribution in [2.45, 2.75) is 13.5 Å². The first-order valence-corrected chi connectivity index (χ1v) is 6.13. The van der Waals surface area contributed by atoms with Gasteiger partial charge in [-0.3, -0.25) is 0 Å². The second-order valence-electron chi connectivity index (χ2n) is 4.30. The van der Waals surface area contributed by atoms with E-state index >= 15 is 0 Å². The molecule has 0 unspecified atom stereocenters. The summed E-state index contributed by atoms with van der Waals surface area (Å²) in [4.78, 5) is 0. The standard InChI is InChI=1S/C14H14BClO2/c1-10-2-7-13(16)8-14(10)15(18)12-5-3-11(9-17)4-6-12/h2-8,17-18H,9H2,1H3. The number of rotatable bonds is 3. The summed E-state index contributed by atoms with van der Waals surface area (Å²) in [5.74, 6) is 0. The molecule has 2 rings (SSSR count). The molecule has 18 heavy (non-hydrogen) atoms. The Morgan fingerprint density at radius 1 is 1.11 bits per heavy atom. The average Bonchev–Trinajstić information content (AvgIpc) is 2.41. The number of hydrogen-bond donors (Lipinski definition) is 2. The molecule has 2 nitrogen and oxygen atoms in total. The van der Waals surface area contributed by atoms with Crippen molar-refractivity contribution in [2.75, 3.05) is 0 Å². The maximum atomic E-state index is 10.3. The van der Waals surface area contributed by atoms with Crippen LogP contribution >= 0.6 is 11.6 Å². The first-order chi connectivity index (χ1) is 8.61. The lowest BCUT2D eigenvalue weighted by atomic mass is 9.55. The lowest BCUT2D eigenvalue weighted by Gasteiger charge is -2.11. The van der Waals surface area contributed by atoms with Gasteiger partial charge in [-0.25, -0.2) is 0 Å². The summed E-state index contributed by atoms with van der Waals surface area (Å²) in [6.07, 6.45) is 0. The van der Waals surface area contributed by atoms with E-state index in [1.807, 2.05) is 31.2 Å². The number of halogens is 1. The van der Waals surface area contributed by atoms with Gasteiger partial charge in [-0.1, -0.05) is 47.5 Å². The molecule has 0 saturated heterocycles. The third-order valence-electron chi connectivity index (χ3n) is 3.01. The summed E-state index contributed by atoms with van der Waals surface area (Å²) in [5, 5.41) is 19.9. The molecule has 0 saturated carbocycles. The highest BCUT2D eigenvalue weighted by Crippen LogP contribution is 2.08. The lowest BCUT2D eigenvalue weighted by Crippen LogP contribution is -2.43. The Balaban J connectivity index is 2.34. The second-order valence-corrected chi connectivity index (χ2v) is 4.74. The maximum absolute atomic E-state index is 10.3. The molecule has 0 atom stereocenters. The monoisotopic (exact) mass is 260 g/mol. The highest BCUT2D eigenvalue weighted by molar-refractivity contribution is 6.79. The van der Waals surface area contributed by atoms with Crippen molar-refractivity contribution in [3.8, 4) is 0 Å². The zero-order chi connectivity index (χ0) is 13.1. The van der Waals surface area contributed by atoms with Crippen LogP contribution in [0.15, 0.2) is 42.5 Å². The number of benzene rings is 2.